The van der Waals surface area contributed by atoms with Crippen LogP contribution in [-0.2, 0) is 16.0 Å². The van der Waals surface area contributed by atoms with Gasteiger partial charge in [0.1, 0.15) is 0 Å². The van der Waals surface area contributed by atoms with Crippen LogP contribution in [0.15, 0.2) is 36.4 Å². The first-order chi connectivity index (χ1) is 15.0. The number of hydrogen-bond acceptors (Lipinski definition) is 6. The maximum Gasteiger partial charge on any atom is 0.229 e. The summed E-state index contributed by atoms with van der Waals surface area (Å²) in [6, 6.07) is 10.9. The van der Waals surface area contributed by atoms with E-state index >= 15 is 0 Å². The SMILES string of the molecule is COc1ccc(CCN2C[C@@H](C(=O)Nc3ccc(OC)c(OC)c3)CC2=O)cc1OC. The molecule has 0 saturated carbocycles. The van der Waals surface area contributed by atoms with Gasteiger partial charge in [-0.3, -0.25) is 9.59 Å². The highest BCUT2D eigenvalue weighted by atomic mass is 16.5. The highest BCUT2D eigenvalue weighted by Crippen LogP contribution is 2.31. The van der Waals surface area contributed by atoms with Crippen LogP contribution in [0.5, 0.6) is 23.0 Å². The number of likely N-dealkylation sites (tertiary alicyclic amines) is 1. The lowest BCUT2D eigenvalue weighted by Crippen LogP contribution is -2.30. The average Bonchev–Trinajstić information content (AvgIpc) is 3.17. The zero-order chi connectivity index (χ0) is 22.4. The summed E-state index contributed by atoms with van der Waals surface area (Å²) < 4.78 is 21.1. The summed E-state index contributed by atoms with van der Waals surface area (Å²) in [6.07, 6.45) is 0.862. The van der Waals surface area contributed by atoms with Crippen LogP contribution >= 0.6 is 0 Å². The minimum absolute atomic E-state index is 0.0204. The van der Waals surface area contributed by atoms with Gasteiger partial charge in [0.05, 0.1) is 34.4 Å². The predicted molar refractivity (Wildman–Crippen MR) is 116 cm³/mol. The van der Waals surface area contributed by atoms with Gasteiger partial charge < -0.3 is 29.2 Å². The number of rotatable bonds is 9. The number of nitrogens with zero attached hydrogens (tertiary/aromatic N) is 1. The third-order valence-corrected chi connectivity index (χ3v) is 5.35. The van der Waals surface area contributed by atoms with E-state index in [4.69, 9.17) is 18.9 Å². The summed E-state index contributed by atoms with van der Waals surface area (Å²) in [6.45, 7) is 0.930. The number of carbonyl (C=O) groups is 2. The average molecular weight is 428 g/mol. The molecule has 1 N–H and O–H groups in total. The van der Waals surface area contributed by atoms with Gasteiger partial charge in [0.2, 0.25) is 11.8 Å². The van der Waals surface area contributed by atoms with Crippen LogP contribution in [0.2, 0.25) is 0 Å². The smallest absolute Gasteiger partial charge is 0.229 e. The van der Waals surface area contributed by atoms with Crippen LogP contribution < -0.4 is 24.3 Å². The van der Waals surface area contributed by atoms with Gasteiger partial charge in [0.15, 0.2) is 23.0 Å². The molecule has 31 heavy (non-hydrogen) atoms. The number of anilines is 1. The van der Waals surface area contributed by atoms with Gasteiger partial charge >= 0.3 is 0 Å². The van der Waals surface area contributed by atoms with Crippen molar-refractivity contribution in [2.24, 2.45) is 5.92 Å². The van der Waals surface area contributed by atoms with E-state index in [1.807, 2.05) is 18.2 Å². The first-order valence-electron chi connectivity index (χ1n) is 10.0. The van der Waals surface area contributed by atoms with E-state index in [1.54, 1.807) is 44.4 Å². The van der Waals surface area contributed by atoms with Crippen molar-refractivity contribution < 1.29 is 28.5 Å². The maximum absolute atomic E-state index is 12.7. The van der Waals surface area contributed by atoms with E-state index in [1.165, 1.54) is 7.11 Å². The molecule has 166 valence electrons. The van der Waals surface area contributed by atoms with Crippen molar-refractivity contribution in [1.82, 2.24) is 4.90 Å². The first-order valence-corrected chi connectivity index (χ1v) is 10.0. The van der Waals surface area contributed by atoms with Crippen LogP contribution in [0.25, 0.3) is 0 Å². The van der Waals surface area contributed by atoms with Crippen molar-refractivity contribution in [3.8, 4) is 23.0 Å². The molecule has 2 aromatic rings. The van der Waals surface area contributed by atoms with Crippen LogP contribution in [0, 0.1) is 5.92 Å². The molecule has 0 aliphatic carbocycles. The van der Waals surface area contributed by atoms with Crippen molar-refractivity contribution >= 4 is 17.5 Å². The van der Waals surface area contributed by atoms with Crippen LogP contribution in [0.1, 0.15) is 12.0 Å². The summed E-state index contributed by atoms with van der Waals surface area (Å²) >= 11 is 0. The minimum atomic E-state index is -0.397. The van der Waals surface area contributed by atoms with Crippen molar-refractivity contribution in [3.63, 3.8) is 0 Å². The molecule has 0 radical (unpaired) electrons. The van der Waals surface area contributed by atoms with Gasteiger partial charge in [-0.2, -0.15) is 0 Å². The molecule has 1 atom stereocenters. The molecule has 1 fully saturated rings. The summed E-state index contributed by atoms with van der Waals surface area (Å²) in [7, 11) is 6.27. The number of methoxy groups -OCH3 is 4. The number of nitrogens with one attached hydrogen (secondary N) is 1. The number of benzene rings is 2. The van der Waals surface area contributed by atoms with Crippen molar-refractivity contribution in [3.05, 3.63) is 42.0 Å². The third-order valence-electron chi connectivity index (χ3n) is 5.35. The second kappa shape index (κ2) is 10.1. The monoisotopic (exact) mass is 428 g/mol. The lowest BCUT2D eigenvalue weighted by Gasteiger charge is -2.17. The molecule has 0 aromatic heterocycles. The standard InChI is InChI=1S/C23H28N2O6/c1-28-18-7-5-15(11-20(18)30-3)9-10-25-14-16(12-22(25)26)23(27)24-17-6-8-19(29-2)21(13-17)31-4/h5-8,11,13,16H,9-10,12,14H2,1-4H3,(H,24,27)/t16-/m0/s1. The van der Waals surface area contributed by atoms with Gasteiger partial charge in [-0.15, -0.1) is 0 Å². The molecular weight excluding hydrogens is 400 g/mol. The molecule has 1 saturated heterocycles. The molecular formula is C23H28N2O6. The minimum Gasteiger partial charge on any atom is -0.493 e. The fourth-order valence-corrected chi connectivity index (χ4v) is 3.62. The number of hydrogen-bond donors (Lipinski definition) is 1. The van der Waals surface area contributed by atoms with Gasteiger partial charge in [-0.05, 0) is 36.2 Å². The lowest BCUT2D eigenvalue weighted by molar-refractivity contribution is -0.128. The normalized spacial score (nSPS) is 15.5. The lowest BCUT2D eigenvalue weighted by atomic mass is 10.1. The highest BCUT2D eigenvalue weighted by molar-refractivity contribution is 5.97. The first kappa shape index (κ1) is 22.3. The molecule has 8 heteroatoms. The van der Waals surface area contributed by atoms with E-state index in [0.29, 0.717) is 48.2 Å². The fourth-order valence-electron chi connectivity index (χ4n) is 3.62. The Morgan fingerprint density at radius 3 is 2.19 bits per heavy atom. The van der Waals surface area contributed by atoms with E-state index < -0.39 is 5.92 Å². The molecule has 0 spiro atoms. The number of carbonyl (C=O) groups excluding carboxylic acids is 2. The van der Waals surface area contributed by atoms with E-state index in [0.717, 1.165) is 5.56 Å². The molecule has 3 rings (SSSR count). The van der Waals surface area contributed by atoms with Crippen molar-refractivity contribution in [1.29, 1.82) is 0 Å². The number of amides is 2. The highest BCUT2D eigenvalue weighted by Gasteiger charge is 2.34. The Labute approximate surface area is 182 Å². The van der Waals surface area contributed by atoms with Gasteiger partial charge in [0.25, 0.3) is 0 Å². The van der Waals surface area contributed by atoms with Crippen LogP contribution in [0.4, 0.5) is 5.69 Å². The Morgan fingerprint density at radius 2 is 1.55 bits per heavy atom. The summed E-state index contributed by atoms with van der Waals surface area (Å²) in [5.41, 5.74) is 1.63. The third kappa shape index (κ3) is 5.20. The molecule has 0 bridgehead atoms. The Hall–Kier alpha value is -3.42. The Kier molecular flexibility index (Phi) is 7.23. The quantitative estimate of drug-likeness (QED) is 0.661. The molecule has 2 amide bonds. The predicted octanol–water partition coefficient (Wildman–Crippen LogP) is 2.75. The van der Waals surface area contributed by atoms with E-state index in [-0.39, 0.29) is 18.2 Å². The Balaban J connectivity index is 1.58. The van der Waals surface area contributed by atoms with Gasteiger partial charge in [-0.25, -0.2) is 0 Å². The van der Waals surface area contributed by atoms with E-state index in [2.05, 4.69) is 5.32 Å². The van der Waals surface area contributed by atoms with Crippen molar-refractivity contribution in [2.75, 3.05) is 46.8 Å². The van der Waals surface area contributed by atoms with Gasteiger partial charge in [0, 0.05) is 31.3 Å². The zero-order valence-corrected chi connectivity index (χ0v) is 18.3. The molecule has 1 aliphatic rings. The molecule has 0 unspecified atom stereocenters. The fraction of sp³-hybridized carbons (Fsp3) is 0.391. The second-order valence-corrected chi connectivity index (χ2v) is 7.24. The Bertz CT molecular complexity index is 946. The number of ether oxygens (including phenoxy) is 4. The molecule has 1 heterocycles. The van der Waals surface area contributed by atoms with Gasteiger partial charge in [-0.1, -0.05) is 6.07 Å². The van der Waals surface area contributed by atoms with Crippen LogP contribution in [0.3, 0.4) is 0 Å². The summed E-state index contributed by atoms with van der Waals surface area (Å²) in [5.74, 6) is 1.82. The van der Waals surface area contributed by atoms with Crippen molar-refractivity contribution in [2.45, 2.75) is 12.8 Å². The van der Waals surface area contributed by atoms with Crippen LogP contribution in [-0.4, -0.2) is 58.2 Å². The zero-order valence-electron chi connectivity index (χ0n) is 18.3. The maximum atomic E-state index is 12.7. The Morgan fingerprint density at radius 1 is 0.935 bits per heavy atom. The molecule has 2 aromatic carbocycles. The topological polar surface area (TPSA) is 86.3 Å². The second-order valence-electron chi connectivity index (χ2n) is 7.24. The largest absolute Gasteiger partial charge is 0.493 e. The molecule has 1 aliphatic heterocycles. The van der Waals surface area contributed by atoms with E-state index in [9.17, 15) is 9.59 Å². The summed E-state index contributed by atoms with van der Waals surface area (Å²) in [4.78, 5) is 26.9. The molecule has 8 nitrogen and oxygen atoms in total. The summed E-state index contributed by atoms with van der Waals surface area (Å²) in [5, 5.41) is 2.87.